The Hall–Kier alpha value is -1.23. The van der Waals surface area contributed by atoms with Crippen LogP contribution in [0, 0.1) is 0 Å². The number of nitrogens with two attached hydrogens (primary N) is 1. The normalized spacial score (nSPS) is 11.4. The van der Waals surface area contributed by atoms with Gasteiger partial charge in [-0.2, -0.15) is 0 Å². The van der Waals surface area contributed by atoms with Gasteiger partial charge in [-0.05, 0) is 37.6 Å². The minimum atomic E-state index is -2.92. The quantitative estimate of drug-likeness (QED) is 0.769. The Morgan fingerprint density at radius 2 is 1.72 bits per heavy atom. The first-order chi connectivity index (χ1) is 8.48. The molecule has 1 aromatic carbocycles. The van der Waals surface area contributed by atoms with Crippen LogP contribution in [0.25, 0.3) is 0 Å². The van der Waals surface area contributed by atoms with Crippen molar-refractivity contribution in [1.29, 1.82) is 0 Å². The average molecular weight is 270 g/mol. The number of hydrogen-bond acceptors (Lipinski definition) is 4. The van der Waals surface area contributed by atoms with Crippen LogP contribution in [0.4, 0.5) is 11.4 Å². The van der Waals surface area contributed by atoms with Gasteiger partial charge in [0.1, 0.15) is 0 Å². The van der Waals surface area contributed by atoms with Gasteiger partial charge >= 0.3 is 0 Å². The van der Waals surface area contributed by atoms with Gasteiger partial charge in [-0.3, -0.25) is 0 Å². The highest BCUT2D eigenvalue weighted by molar-refractivity contribution is 7.91. The van der Waals surface area contributed by atoms with E-state index in [0.29, 0.717) is 18.7 Å². The van der Waals surface area contributed by atoms with E-state index in [1.54, 1.807) is 0 Å². The highest BCUT2D eigenvalue weighted by Gasteiger charge is 2.12. The van der Waals surface area contributed by atoms with E-state index in [4.69, 9.17) is 5.73 Å². The Balaban J connectivity index is 2.65. The van der Waals surface area contributed by atoms with Crippen LogP contribution >= 0.6 is 0 Å². The van der Waals surface area contributed by atoms with Gasteiger partial charge in [-0.1, -0.05) is 6.92 Å². The van der Waals surface area contributed by atoms with Crippen molar-refractivity contribution in [2.24, 2.45) is 0 Å². The van der Waals surface area contributed by atoms with Gasteiger partial charge in [-0.15, -0.1) is 0 Å². The maximum Gasteiger partial charge on any atom is 0.152 e. The van der Waals surface area contributed by atoms with E-state index in [-0.39, 0.29) is 11.5 Å². The Labute approximate surface area is 110 Å². The van der Waals surface area contributed by atoms with Crippen molar-refractivity contribution in [2.75, 3.05) is 35.2 Å². The summed E-state index contributed by atoms with van der Waals surface area (Å²) in [5.74, 6) is 0.478. The van der Waals surface area contributed by atoms with Gasteiger partial charge in [0.15, 0.2) is 9.84 Å². The Morgan fingerprint density at radius 1 is 1.11 bits per heavy atom. The standard InChI is InChI=1S/C13H22N2O2S/c1-3-10-18(16,17)11-9-15(4-2)13-7-5-12(14)6-8-13/h5-8H,3-4,9-11,14H2,1-2H3. The molecule has 0 heterocycles. The first-order valence-electron chi connectivity index (χ1n) is 6.29. The van der Waals surface area contributed by atoms with Crippen molar-refractivity contribution in [2.45, 2.75) is 20.3 Å². The number of hydrogen-bond donors (Lipinski definition) is 1. The fourth-order valence-electron chi connectivity index (χ4n) is 1.82. The number of nitrogen functional groups attached to an aromatic ring is 1. The predicted octanol–water partition coefficient (Wildman–Crippen LogP) is 1.92. The molecule has 0 bridgehead atoms. The maximum absolute atomic E-state index is 11.7. The van der Waals surface area contributed by atoms with Crippen LogP contribution in [0.15, 0.2) is 24.3 Å². The molecule has 0 aliphatic rings. The summed E-state index contributed by atoms with van der Waals surface area (Å²) in [5, 5.41) is 0. The second-order valence-corrected chi connectivity index (χ2v) is 6.63. The predicted molar refractivity (Wildman–Crippen MR) is 77.7 cm³/mol. The summed E-state index contributed by atoms with van der Waals surface area (Å²) in [7, 11) is -2.92. The van der Waals surface area contributed by atoms with Crippen molar-refractivity contribution in [3.05, 3.63) is 24.3 Å². The fourth-order valence-corrected chi connectivity index (χ4v) is 3.14. The van der Waals surface area contributed by atoms with E-state index in [9.17, 15) is 8.42 Å². The lowest BCUT2D eigenvalue weighted by molar-refractivity contribution is 0.593. The second-order valence-electron chi connectivity index (χ2n) is 4.32. The number of sulfone groups is 1. The lowest BCUT2D eigenvalue weighted by atomic mass is 10.2. The third kappa shape index (κ3) is 4.56. The summed E-state index contributed by atoms with van der Waals surface area (Å²) >= 11 is 0. The maximum atomic E-state index is 11.7. The zero-order valence-corrected chi connectivity index (χ0v) is 11.9. The summed E-state index contributed by atoms with van der Waals surface area (Å²) in [5.41, 5.74) is 7.37. The van der Waals surface area contributed by atoms with Crippen LogP contribution < -0.4 is 10.6 Å². The van der Waals surface area contributed by atoms with Crippen LogP contribution in [-0.2, 0) is 9.84 Å². The van der Waals surface area contributed by atoms with E-state index in [0.717, 1.165) is 12.2 Å². The van der Waals surface area contributed by atoms with E-state index in [2.05, 4.69) is 0 Å². The summed E-state index contributed by atoms with van der Waals surface area (Å²) in [6.45, 7) is 5.21. The number of rotatable bonds is 7. The molecular formula is C13H22N2O2S. The SMILES string of the molecule is CCCS(=O)(=O)CCN(CC)c1ccc(N)cc1. The zero-order chi connectivity index (χ0) is 13.6. The summed E-state index contributed by atoms with van der Waals surface area (Å²) in [6.07, 6.45) is 0.677. The van der Waals surface area contributed by atoms with Gasteiger partial charge in [0, 0.05) is 30.2 Å². The molecule has 0 spiro atoms. The van der Waals surface area contributed by atoms with Crippen LogP contribution in [0.1, 0.15) is 20.3 Å². The topological polar surface area (TPSA) is 63.4 Å². The molecule has 0 aromatic heterocycles. The minimum absolute atomic E-state index is 0.207. The summed E-state index contributed by atoms with van der Waals surface area (Å²) in [6, 6.07) is 7.51. The third-order valence-corrected chi connectivity index (χ3v) is 4.66. The van der Waals surface area contributed by atoms with Gasteiger partial charge < -0.3 is 10.6 Å². The largest absolute Gasteiger partial charge is 0.399 e. The highest BCUT2D eigenvalue weighted by atomic mass is 32.2. The molecular weight excluding hydrogens is 248 g/mol. The van der Waals surface area contributed by atoms with E-state index >= 15 is 0 Å². The molecule has 1 aromatic rings. The van der Waals surface area contributed by atoms with Crippen LogP contribution in [0.2, 0.25) is 0 Å². The highest BCUT2D eigenvalue weighted by Crippen LogP contribution is 2.16. The lowest BCUT2D eigenvalue weighted by Gasteiger charge is -2.23. The molecule has 0 amide bonds. The number of nitrogens with zero attached hydrogens (tertiary/aromatic N) is 1. The van der Waals surface area contributed by atoms with Gasteiger partial charge in [-0.25, -0.2) is 8.42 Å². The van der Waals surface area contributed by atoms with Crippen molar-refractivity contribution in [3.63, 3.8) is 0 Å². The van der Waals surface area contributed by atoms with Crippen molar-refractivity contribution in [1.82, 2.24) is 0 Å². The van der Waals surface area contributed by atoms with Crippen molar-refractivity contribution >= 4 is 21.2 Å². The molecule has 0 aliphatic carbocycles. The third-order valence-electron chi connectivity index (χ3n) is 2.83. The molecule has 0 atom stereocenters. The average Bonchev–Trinajstić information content (AvgIpc) is 2.32. The van der Waals surface area contributed by atoms with E-state index in [1.807, 2.05) is 43.0 Å². The fraction of sp³-hybridized carbons (Fsp3) is 0.538. The monoisotopic (exact) mass is 270 g/mol. The van der Waals surface area contributed by atoms with Crippen molar-refractivity contribution in [3.8, 4) is 0 Å². The number of benzene rings is 1. The summed E-state index contributed by atoms with van der Waals surface area (Å²) in [4.78, 5) is 2.05. The molecule has 0 unspecified atom stereocenters. The molecule has 0 saturated heterocycles. The molecule has 1 rings (SSSR count). The molecule has 0 aliphatic heterocycles. The molecule has 0 radical (unpaired) electrons. The lowest BCUT2D eigenvalue weighted by Crippen LogP contribution is -2.29. The summed E-state index contributed by atoms with van der Waals surface area (Å²) < 4.78 is 23.4. The van der Waals surface area contributed by atoms with Crippen LogP contribution in [0.3, 0.4) is 0 Å². The van der Waals surface area contributed by atoms with Crippen LogP contribution in [-0.4, -0.2) is 33.0 Å². The first kappa shape index (κ1) is 14.8. The molecule has 4 nitrogen and oxygen atoms in total. The molecule has 102 valence electrons. The molecule has 2 N–H and O–H groups in total. The Bertz CT molecular complexity index is 454. The Kier molecular flexibility index (Phi) is 5.47. The molecule has 0 fully saturated rings. The molecule has 18 heavy (non-hydrogen) atoms. The van der Waals surface area contributed by atoms with E-state index < -0.39 is 9.84 Å². The first-order valence-corrected chi connectivity index (χ1v) is 8.11. The van der Waals surface area contributed by atoms with E-state index in [1.165, 1.54) is 0 Å². The zero-order valence-electron chi connectivity index (χ0n) is 11.1. The molecule has 5 heteroatoms. The second kappa shape index (κ2) is 6.64. The van der Waals surface area contributed by atoms with Crippen molar-refractivity contribution < 1.29 is 8.42 Å². The van der Waals surface area contributed by atoms with Crippen LogP contribution in [0.5, 0.6) is 0 Å². The minimum Gasteiger partial charge on any atom is -0.399 e. The Morgan fingerprint density at radius 3 is 2.22 bits per heavy atom. The van der Waals surface area contributed by atoms with Gasteiger partial charge in [0.25, 0.3) is 0 Å². The number of anilines is 2. The van der Waals surface area contributed by atoms with Gasteiger partial charge in [0.2, 0.25) is 0 Å². The van der Waals surface area contributed by atoms with Gasteiger partial charge in [0.05, 0.1) is 5.75 Å². The smallest absolute Gasteiger partial charge is 0.152 e. The molecule has 0 saturated carbocycles.